The monoisotopic (exact) mass is 350 g/mol. The van der Waals surface area contributed by atoms with Crippen LogP contribution in [0.4, 0.5) is 13.2 Å². The second kappa shape index (κ2) is 5.84. The average molecular weight is 350 g/mol. The highest BCUT2D eigenvalue weighted by atomic mass is 32.2. The molecular formula is C13H13F3N2O4S. The number of hydrogen-bond donors (Lipinski definition) is 0. The Labute approximate surface area is 130 Å². The van der Waals surface area contributed by atoms with E-state index in [0.717, 1.165) is 6.07 Å². The zero-order chi connectivity index (χ0) is 17.4. The van der Waals surface area contributed by atoms with Gasteiger partial charge in [-0.25, -0.2) is 9.97 Å². The van der Waals surface area contributed by atoms with Gasteiger partial charge in [0.1, 0.15) is 5.52 Å². The fraction of sp³-hybridized carbons (Fsp3) is 0.385. The molecule has 2 rings (SSSR count). The standard InChI is InChI=1S/C13H13F3N2O4S/c1-4-8-6-9-10(22-23(19,20)13(14,15)16)5-7(2)17-11(9)12(18-8)21-3/h5-6H,4H2,1-3H3. The van der Waals surface area contributed by atoms with Gasteiger partial charge in [-0.3, -0.25) is 0 Å². The number of hydrogen-bond acceptors (Lipinski definition) is 6. The summed E-state index contributed by atoms with van der Waals surface area (Å²) in [7, 11) is -4.46. The number of aryl methyl sites for hydroxylation is 2. The number of ether oxygens (including phenoxy) is 1. The number of alkyl halides is 3. The molecule has 2 heterocycles. The van der Waals surface area contributed by atoms with E-state index in [1.165, 1.54) is 20.1 Å². The molecule has 0 saturated heterocycles. The summed E-state index contributed by atoms with van der Waals surface area (Å²) in [5.74, 6) is -0.391. The summed E-state index contributed by atoms with van der Waals surface area (Å²) in [6.07, 6.45) is 0.464. The normalized spacial score (nSPS) is 12.4. The van der Waals surface area contributed by atoms with Crippen molar-refractivity contribution in [2.45, 2.75) is 25.8 Å². The molecule has 0 fully saturated rings. The molecule has 0 spiro atoms. The van der Waals surface area contributed by atoms with Crippen molar-refractivity contribution in [3.8, 4) is 11.6 Å². The number of nitrogens with zero attached hydrogens (tertiary/aromatic N) is 2. The highest BCUT2D eigenvalue weighted by Gasteiger charge is 2.48. The third-order valence-electron chi connectivity index (χ3n) is 2.95. The molecule has 0 aliphatic rings. The molecule has 0 bridgehead atoms. The highest BCUT2D eigenvalue weighted by molar-refractivity contribution is 7.88. The molecule has 0 N–H and O–H groups in total. The highest BCUT2D eigenvalue weighted by Crippen LogP contribution is 2.34. The predicted octanol–water partition coefficient (Wildman–Crippen LogP) is 2.74. The number of halogens is 3. The van der Waals surface area contributed by atoms with E-state index >= 15 is 0 Å². The van der Waals surface area contributed by atoms with Gasteiger partial charge >= 0.3 is 15.6 Å². The van der Waals surface area contributed by atoms with Crippen molar-refractivity contribution in [1.29, 1.82) is 0 Å². The average Bonchev–Trinajstić information content (AvgIpc) is 2.44. The fourth-order valence-corrected chi connectivity index (χ4v) is 2.36. The van der Waals surface area contributed by atoms with E-state index in [4.69, 9.17) is 4.74 Å². The molecule has 2 aromatic heterocycles. The molecule has 23 heavy (non-hydrogen) atoms. The van der Waals surface area contributed by atoms with Crippen LogP contribution in [0.15, 0.2) is 12.1 Å². The molecule has 10 heteroatoms. The third kappa shape index (κ3) is 3.31. The fourth-order valence-electron chi connectivity index (χ4n) is 1.90. The van der Waals surface area contributed by atoms with Gasteiger partial charge in [-0.05, 0) is 19.4 Å². The Bertz CT molecular complexity index is 850. The van der Waals surface area contributed by atoms with Gasteiger partial charge in [0.15, 0.2) is 5.75 Å². The first-order chi connectivity index (χ1) is 10.6. The lowest BCUT2D eigenvalue weighted by molar-refractivity contribution is -0.0499. The summed E-state index contributed by atoms with van der Waals surface area (Å²) < 4.78 is 69.5. The molecular weight excluding hydrogens is 337 g/mol. The first kappa shape index (κ1) is 17.3. The molecule has 126 valence electrons. The predicted molar refractivity (Wildman–Crippen MR) is 75.8 cm³/mol. The van der Waals surface area contributed by atoms with Crippen LogP contribution in [-0.2, 0) is 16.5 Å². The summed E-state index contributed by atoms with van der Waals surface area (Å²) in [6, 6.07) is 2.54. The van der Waals surface area contributed by atoms with E-state index in [0.29, 0.717) is 12.1 Å². The van der Waals surface area contributed by atoms with E-state index in [1.54, 1.807) is 6.92 Å². The minimum Gasteiger partial charge on any atom is -0.479 e. The second-order valence-corrected chi connectivity index (χ2v) is 6.16. The van der Waals surface area contributed by atoms with E-state index in [2.05, 4.69) is 14.2 Å². The van der Waals surface area contributed by atoms with Crippen molar-refractivity contribution in [2.75, 3.05) is 7.11 Å². The number of methoxy groups -OCH3 is 1. The molecule has 0 radical (unpaired) electrons. The van der Waals surface area contributed by atoms with E-state index in [-0.39, 0.29) is 22.5 Å². The lowest BCUT2D eigenvalue weighted by atomic mass is 10.1. The van der Waals surface area contributed by atoms with Crippen LogP contribution in [0, 0.1) is 6.92 Å². The lowest BCUT2D eigenvalue weighted by Crippen LogP contribution is -2.28. The van der Waals surface area contributed by atoms with Gasteiger partial charge < -0.3 is 8.92 Å². The molecule has 6 nitrogen and oxygen atoms in total. The van der Waals surface area contributed by atoms with Crippen LogP contribution in [0.3, 0.4) is 0 Å². The molecule has 0 amide bonds. The molecule has 0 saturated carbocycles. The van der Waals surface area contributed by atoms with Crippen molar-refractivity contribution in [2.24, 2.45) is 0 Å². The van der Waals surface area contributed by atoms with Crippen LogP contribution in [0.2, 0.25) is 0 Å². The Morgan fingerprint density at radius 1 is 1.22 bits per heavy atom. The van der Waals surface area contributed by atoms with Gasteiger partial charge in [-0.1, -0.05) is 6.92 Å². The minimum atomic E-state index is -5.79. The van der Waals surface area contributed by atoms with Crippen molar-refractivity contribution in [3.63, 3.8) is 0 Å². The van der Waals surface area contributed by atoms with Crippen molar-refractivity contribution in [3.05, 3.63) is 23.5 Å². The van der Waals surface area contributed by atoms with Gasteiger partial charge in [-0.2, -0.15) is 21.6 Å². The Morgan fingerprint density at radius 2 is 1.87 bits per heavy atom. The summed E-state index contributed by atoms with van der Waals surface area (Å²) in [4.78, 5) is 8.28. The molecule has 0 aliphatic heterocycles. The number of aromatic nitrogens is 2. The third-order valence-corrected chi connectivity index (χ3v) is 3.91. The zero-order valence-electron chi connectivity index (χ0n) is 12.4. The molecule has 0 unspecified atom stereocenters. The minimum absolute atomic E-state index is 0.0760. The Hall–Kier alpha value is -2.10. The van der Waals surface area contributed by atoms with Crippen LogP contribution in [0.5, 0.6) is 11.6 Å². The van der Waals surface area contributed by atoms with E-state index in [9.17, 15) is 21.6 Å². The van der Waals surface area contributed by atoms with Gasteiger partial charge in [0, 0.05) is 17.5 Å². The lowest BCUT2D eigenvalue weighted by Gasteiger charge is -2.13. The van der Waals surface area contributed by atoms with Crippen molar-refractivity contribution >= 4 is 21.0 Å². The topological polar surface area (TPSA) is 78.4 Å². The van der Waals surface area contributed by atoms with Crippen LogP contribution in [0.1, 0.15) is 18.3 Å². The Morgan fingerprint density at radius 3 is 2.39 bits per heavy atom. The summed E-state index contributed by atoms with van der Waals surface area (Å²) in [5.41, 5.74) is -4.65. The van der Waals surface area contributed by atoms with Crippen LogP contribution in [-0.4, -0.2) is 31.0 Å². The molecule has 2 aromatic rings. The summed E-state index contributed by atoms with van der Waals surface area (Å²) >= 11 is 0. The van der Waals surface area contributed by atoms with Gasteiger partial charge in [0.2, 0.25) is 5.88 Å². The molecule has 0 atom stereocenters. The largest absolute Gasteiger partial charge is 0.534 e. The first-order valence-corrected chi connectivity index (χ1v) is 7.86. The number of rotatable bonds is 4. The maximum absolute atomic E-state index is 12.5. The van der Waals surface area contributed by atoms with Crippen molar-refractivity contribution < 1.29 is 30.5 Å². The summed E-state index contributed by atoms with van der Waals surface area (Å²) in [6.45, 7) is 3.27. The first-order valence-electron chi connectivity index (χ1n) is 6.45. The number of fused-ring (bicyclic) bond motifs is 1. The van der Waals surface area contributed by atoms with E-state index < -0.39 is 21.4 Å². The smallest absolute Gasteiger partial charge is 0.479 e. The van der Waals surface area contributed by atoms with Crippen LogP contribution < -0.4 is 8.92 Å². The maximum Gasteiger partial charge on any atom is 0.534 e. The molecule has 0 aliphatic carbocycles. The van der Waals surface area contributed by atoms with Crippen LogP contribution >= 0.6 is 0 Å². The molecule has 0 aromatic carbocycles. The Balaban J connectivity index is 2.73. The zero-order valence-corrected chi connectivity index (χ0v) is 13.2. The Kier molecular flexibility index (Phi) is 4.38. The van der Waals surface area contributed by atoms with Gasteiger partial charge in [0.25, 0.3) is 0 Å². The van der Waals surface area contributed by atoms with Crippen LogP contribution in [0.25, 0.3) is 10.9 Å². The van der Waals surface area contributed by atoms with Gasteiger partial charge in [0.05, 0.1) is 12.5 Å². The van der Waals surface area contributed by atoms with Crippen molar-refractivity contribution in [1.82, 2.24) is 9.97 Å². The maximum atomic E-state index is 12.5. The van der Waals surface area contributed by atoms with E-state index in [1.807, 2.05) is 0 Å². The quantitative estimate of drug-likeness (QED) is 0.623. The van der Waals surface area contributed by atoms with Gasteiger partial charge in [-0.15, -0.1) is 0 Å². The number of pyridine rings is 2. The second-order valence-electron chi connectivity index (χ2n) is 4.62. The SMILES string of the molecule is CCc1cc2c(OS(=O)(=O)C(F)(F)F)cc(C)nc2c(OC)n1. The summed E-state index contributed by atoms with van der Waals surface area (Å²) in [5, 5.41) is 0.0760.